The largest absolute Gasteiger partial charge is 0.368 e. The molecule has 0 radical (unpaired) electrons. The van der Waals surface area contributed by atoms with Gasteiger partial charge in [0.15, 0.2) is 0 Å². The summed E-state index contributed by atoms with van der Waals surface area (Å²) in [4.78, 5) is 10.9. The second kappa shape index (κ2) is 5.12. The topological polar surface area (TPSA) is 69.1 Å². The molecule has 0 aliphatic rings. The molecule has 1 aromatic carbocycles. The molecule has 3 heteroatoms. The van der Waals surface area contributed by atoms with Crippen LogP contribution in [-0.4, -0.2) is 11.9 Å². The second-order valence-electron chi connectivity index (χ2n) is 4.55. The van der Waals surface area contributed by atoms with E-state index in [2.05, 4.69) is 32.0 Å². The van der Waals surface area contributed by atoms with Gasteiger partial charge in [-0.05, 0) is 36.0 Å². The molecule has 0 aliphatic heterocycles. The number of benzene rings is 1. The minimum absolute atomic E-state index is 0.450. The van der Waals surface area contributed by atoms with Crippen LogP contribution in [0, 0.1) is 6.92 Å². The Kier molecular flexibility index (Phi) is 4.07. The van der Waals surface area contributed by atoms with Gasteiger partial charge < -0.3 is 11.5 Å². The molecule has 0 fully saturated rings. The van der Waals surface area contributed by atoms with Gasteiger partial charge in [-0.2, -0.15) is 0 Å². The fourth-order valence-electron chi connectivity index (χ4n) is 1.61. The van der Waals surface area contributed by atoms with Crippen molar-refractivity contribution in [3.63, 3.8) is 0 Å². The third-order valence-corrected chi connectivity index (χ3v) is 2.85. The van der Waals surface area contributed by atoms with Crippen LogP contribution in [-0.2, 0) is 11.2 Å². The number of primary amides is 1. The maximum absolute atomic E-state index is 10.9. The summed E-state index contributed by atoms with van der Waals surface area (Å²) in [6.07, 6.45) is 0.516. The van der Waals surface area contributed by atoms with Gasteiger partial charge in [0.2, 0.25) is 5.91 Å². The summed E-state index contributed by atoms with van der Waals surface area (Å²) in [5.41, 5.74) is 14.4. The van der Waals surface area contributed by atoms with Crippen molar-refractivity contribution < 1.29 is 4.79 Å². The van der Waals surface area contributed by atoms with Gasteiger partial charge in [0.05, 0.1) is 6.04 Å². The molecule has 0 heterocycles. The van der Waals surface area contributed by atoms with E-state index >= 15 is 0 Å². The first-order chi connectivity index (χ1) is 7.41. The number of aryl methyl sites for hydroxylation is 1. The highest BCUT2D eigenvalue weighted by atomic mass is 16.1. The number of amides is 1. The maximum atomic E-state index is 10.9. The molecule has 88 valence electrons. The number of carbonyl (C=O) groups is 1. The van der Waals surface area contributed by atoms with Gasteiger partial charge in [0, 0.05) is 0 Å². The fraction of sp³-hybridized carbons (Fsp3) is 0.462. The van der Waals surface area contributed by atoms with Gasteiger partial charge in [0.25, 0.3) is 0 Å². The van der Waals surface area contributed by atoms with Gasteiger partial charge in [-0.15, -0.1) is 0 Å². The molecule has 1 atom stereocenters. The Labute approximate surface area is 96.8 Å². The van der Waals surface area contributed by atoms with Crippen LogP contribution >= 0.6 is 0 Å². The molecule has 0 aromatic heterocycles. The van der Waals surface area contributed by atoms with Gasteiger partial charge >= 0.3 is 0 Å². The summed E-state index contributed by atoms with van der Waals surface area (Å²) >= 11 is 0. The molecule has 1 amide bonds. The first-order valence-corrected chi connectivity index (χ1v) is 5.56. The van der Waals surface area contributed by atoms with Crippen LogP contribution in [0.15, 0.2) is 18.2 Å². The minimum atomic E-state index is -0.596. The Morgan fingerprint density at radius 3 is 2.50 bits per heavy atom. The molecular weight excluding hydrogens is 200 g/mol. The van der Waals surface area contributed by atoms with Crippen molar-refractivity contribution in [2.24, 2.45) is 11.5 Å². The maximum Gasteiger partial charge on any atom is 0.234 e. The number of hydrogen-bond acceptors (Lipinski definition) is 2. The second-order valence-corrected chi connectivity index (χ2v) is 4.55. The van der Waals surface area contributed by atoms with E-state index in [-0.39, 0.29) is 0 Å². The molecule has 1 unspecified atom stereocenters. The van der Waals surface area contributed by atoms with Crippen molar-refractivity contribution in [1.82, 2.24) is 0 Å². The van der Waals surface area contributed by atoms with Gasteiger partial charge in [-0.3, -0.25) is 4.79 Å². The standard InChI is InChI=1S/C13H20N2O/c1-8(2)10-5-4-9(3)11(6-10)7-12(14)13(15)16/h4-6,8,12H,7,14H2,1-3H3,(H2,15,16). The van der Waals surface area contributed by atoms with Gasteiger partial charge in [0.1, 0.15) is 0 Å². The minimum Gasteiger partial charge on any atom is -0.368 e. The van der Waals surface area contributed by atoms with Crippen molar-refractivity contribution in [3.8, 4) is 0 Å². The molecule has 0 saturated carbocycles. The number of rotatable bonds is 4. The summed E-state index contributed by atoms with van der Waals surface area (Å²) < 4.78 is 0. The van der Waals surface area contributed by atoms with Crippen molar-refractivity contribution in [2.75, 3.05) is 0 Å². The Balaban J connectivity index is 2.94. The van der Waals surface area contributed by atoms with Crippen LogP contribution in [0.1, 0.15) is 36.5 Å². The molecule has 16 heavy (non-hydrogen) atoms. The highest BCUT2D eigenvalue weighted by Gasteiger charge is 2.12. The molecule has 0 saturated heterocycles. The van der Waals surface area contributed by atoms with E-state index < -0.39 is 11.9 Å². The molecular formula is C13H20N2O. The van der Waals surface area contributed by atoms with Crippen molar-refractivity contribution >= 4 is 5.91 Å². The fourth-order valence-corrected chi connectivity index (χ4v) is 1.61. The van der Waals surface area contributed by atoms with Crippen LogP contribution in [0.5, 0.6) is 0 Å². The smallest absolute Gasteiger partial charge is 0.234 e. The van der Waals surface area contributed by atoms with E-state index in [1.165, 1.54) is 5.56 Å². The lowest BCUT2D eigenvalue weighted by atomic mass is 9.94. The van der Waals surface area contributed by atoms with Crippen molar-refractivity contribution in [3.05, 3.63) is 34.9 Å². The van der Waals surface area contributed by atoms with Gasteiger partial charge in [-0.25, -0.2) is 0 Å². The van der Waals surface area contributed by atoms with E-state index in [4.69, 9.17) is 11.5 Å². The summed E-state index contributed by atoms with van der Waals surface area (Å²) in [5, 5.41) is 0. The molecule has 1 rings (SSSR count). The molecule has 4 N–H and O–H groups in total. The highest BCUT2D eigenvalue weighted by molar-refractivity contribution is 5.79. The molecule has 0 aliphatic carbocycles. The van der Waals surface area contributed by atoms with E-state index in [1.54, 1.807) is 0 Å². The predicted octanol–water partition coefficient (Wildman–Crippen LogP) is 1.47. The van der Waals surface area contributed by atoms with Crippen LogP contribution < -0.4 is 11.5 Å². The third-order valence-electron chi connectivity index (χ3n) is 2.85. The Morgan fingerprint density at radius 1 is 1.38 bits per heavy atom. The lowest BCUT2D eigenvalue weighted by Crippen LogP contribution is -2.38. The normalized spacial score (nSPS) is 12.8. The first-order valence-electron chi connectivity index (χ1n) is 5.56. The average Bonchev–Trinajstić information content (AvgIpc) is 2.20. The summed E-state index contributed by atoms with van der Waals surface area (Å²) in [5.74, 6) is 0.0264. The predicted molar refractivity (Wildman–Crippen MR) is 66.1 cm³/mol. The van der Waals surface area contributed by atoms with Crippen LogP contribution in [0.4, 0.5) is 0 Å². The van der Waals surface area contributed by atoms with Crippen LogP contribution in [0.2, 0.25) is 0 Å². The number of nitrogens with two attached hydrogens (primary N) is 2. The van der Waals surface area contributed by atoms with E-state index in [1.807, 2.05) is 6.92 Å². The van der Waals surface area contributed by atoms with Gasteiger partial charge in [-0.1, -0.05) is 32.0 Å². The first kappa shape index (κ1) is 12.7. The number of hydrogen-bond donors (Lipinski definition) is 2. The lowest BCUT2D eigenvalue weighted by molar-refractivity contribution is -0.119. The Hall–Kier alpha value is -1.35. The highest BCUT2D eigenvalue weighted by Crippen LogP contribution is 2.19. The van der Waals surface area contributed by atoms with E-state index in [0.717, 1.165) is 11.1 Å². The lowest BCUT2D eigenvalue weighted by Gasteiger charge is -2.13. The van der Waals surface area contributed by atoms with E-state index in [9.17, 15) is 4.79 Å². The molecule has 0 spiro atoms. The van der Waals surface area contributed by atoms with Crippen molar-refractivity contribution in [2.45, 2.75) is 39.2 Å². The molecule has 3 nitrogen and oxygen atoms in total. The van der Waals surface area contributed by atoms with Crippen LogP contribution in [0.25, 0.3) is 0 Å². The summed E-state index contributed by atoms with van der Waals surface area (Å²) in [6, 6.07) is 5.70. The number of carbonyl (C=O) groups excluding carboxylic acids is 1. The molecule has 0 bridgehead atoms. The average molecular weight is 220 g/mol. The Bertz CT molecular complexity index is 386. The SMILES string of the molecule is Cc1ccc(C(C)C)cc1CC(N)C(N)=O. The zero-order valence-electron chi connectivity index (χ0n) is 10.2. The zero-order valence-corrected chi connectivity index (χ0v) is 10.2. The summed E-state index contributed by atoms with van der Waals surface area (Å²) in [6.45, 7) is 6.30. The van der Waals surface area contributed by atoms with E-state index in [0.29, 0.717) is 12.3 Å². The Morgan fingerprint density at radius 2 is 2.00 bits per heavy atom. The van der Waals surface area contributed by atoms with Crippen LogP contribution in [0.3, 0.4) is 0 Å². The quantitative estimate of drug-likeness (QED) is 0.806. The third kappa shape index (κ3) is 3.07. The zero-order chi connectivity index (χ0) is 12.3. The molecule has 1 aromatic rings. The summed E-state index contributed by atoms with van der Waals surface area (Å²) in [7, 11) is 0. The van der Waals surface area contributed by atoms with Crippen molar-refractivity contribution in [1.29, 1.82) is 0 Å². The monoisotopic (exact) mass is 220 g/mol.